The summed E-state index contributed by atoms with van der Waals surface area (Å²) in [6.45, 7) is 0.787. The van der Waals surface area contributed by atoms with Gasteiger partial charge in [-0.1, -0.05) is 17.7 Å². The minimum absolute atomic E-state index is 0.221. The summed E-state index contributed by atoms with van der Waals surface area (Å²) in [6, 6.07) is 8.08. The molecule has 0 heterocycles. The predicted molar refractivity (Wildman–Crippen MR) is 71.3 cm³/mol. The molecule has 0 aliphatic rings. The number of rotatable bonds is 7. The summed E-state index contributed by atoms with van der Waals surface area (Å²) < 4.78 is 4.99. The number of nitrogens with two attached hydrogens (primary N) is 1. The van der Waals surface area contributed by atoms with Crippen LogP contribution in [0.15, 0.2) is 29.2 Å². The van der Waals surface area contributed by atoms with Crippen LogP contribution in [0.25, 0.3) is 0 Å². The number of ether oxygens (including phenoxy) is 1. The van der Waals surface area contributed by atoms with Crippen LogP contribution in [0.2, 0.25) is 5.02 Å². The van der Waals surface area contributed by atoms with E-state index in [0.29, 0.717) is 0 Å². The second-order valence-corrected chi connectivity index (χ2v) is 5.19. The molecular formula is C12H18ClNOS. The van der Waals surface area contributed by atoms with Gasteiger partial charge in [-0.05, 0) is 31.0 Å². The van der Waals surface area contributed by atoms with Crippen molar-refractivity contribution in [3.63, 3.8) is 0 Å². The van der Waals surface area contributed by atoms with Crippen molar-refractivity contribution in [2.24, 2.45) is 5.73 Å². The highest BCUT2D eigenvalue weighted by Crippen LogP contribution is 2.22. The molecule has 0 aliphatic carbocycles. The molecular weight excluding hydrogens is 242 g/mol. The Hall–Kier alpha value is -0.220. The topological polar surface area (TPSA) is 35.2 Å². The second kappa shape index (κ2) is 7.96. The third kappa shape index (κ3) is 5.75. The Labute approximate surface area is 107 Å². The molecule has 90 valence electrons. The van der Waals surface area contributed by atoms with Gasteiger partial charge in [0.05, 0.1) is 0 Å². The molecule has 0 bridgehead atoms. The standard InChI is InChI=1S/C12H18ClNOS/c1-15-7-3-5-11(14)9-16-12-6-2-4-10(13)8-12/h2,4,6,8,11H,3,5,7,9,14H2,1H3. The zero-order valence-electron chi connectivity index (χ0n) is 9.49. The molecule has 1 rings (SSSR count). The van der Waals surface area contributed by atoms with Crippen LogP contribution in [0.1, 0.15) is 12.8 Å². The zero-order chi connectivity index (χ0) is 11.8. The van der Waals surface area contributed by atoms with Crippen LogP contribution in [0.3, 0.4) is 0 Å². The molecule has 0 amide bonds. The largest absolute Gasteiger partial charge is 0.385 e. The molecule has 0 saturated heterocycles. The number of halogens is 1. The van der Waals surface area contributed by atoms with Gasteiger partial charge in [-0.2, -0.15) is 0 Å². The Bertz CT molecular complexity index is 309. The summed E-state index contributed by atoms with van der Waals surface area (Å²) in [5.41, 5.74) is 5.99. The maximum atomic E-state index is 5.99. The Morgan fingerprint density at radius 1 is 1.50 bits per heavy atom. The third-order valence-corrected chi connectivity index (χ3v) is 3.60. The van der Waals surface area contributed by atoms with Gasteiger partial charge in [0, 0.05) is 35.4 Å². The Kier molecular flexibility index (Phi) is 6.88. The molecule has 1 atom stereocenters. The summed E-state index contributed by atoms with van der Waals surface area (Å²) >= 11 is 7.65. The summed E-state index contributed by atoms with van der Waals surface area (Å²) in [5.74, 6) is 0.921. The molecule has 0 aromatic heterocycles. The van der Waals surface area contributed by atoms with Crippen molar-refractivity contribution in [2.45, 2.75) is 23.8 Å². The molecule has 0 aliphatic heterocycles. The first-order valence-corrected chi connectivity index (χ1v) is 6.71. The number of thioether (sulfide) groups is 1. The van der Waals surface area contributed by atoms with Crippen LogP contribution < -0.4 is 5.73 Å². The highest BCUT2D eigenvalue weighted by molar-refractivity contribution is 7.99. The fourth-order valence-corrected chi connectivity index (χ4v) is 2.55. The Morgan fingerprint density at radius 3 is 3.00 bits per heavy atom. The molecule has 0 saturated carbocycles. The number of hydrogen-bond acceptors (Lipinski definition) is 3. The monoisotopic (exact) mass is 259 g/mol. The summed E-state index contributed by atoms with van der Waals surface area (Å²) in [4.78, 5) is 1.18. The SMILES string of the molecule is COCCCC(N)CSc1cccc(Cl)c1. The summed E-state index contributed by atoms with van der Waals surface area (Å²) in [6.07, 6.45) is 2.02. The molecule has 4 heteroatoms. The van der Waals surface area contributed by atoms with E-state index in [1.165, 1.54) is 4.90 Å². The van der Waals surface area contributed by atoms with Crippen molar-refractivity contribution >= 4 is 23.4 Å². The van der Waals surface area contributed by atoms with Crippen molar-refractivity contribution in [2.75, 3.05) is 19.5 Å². The van der Waals surface area contributed by atoms with Crippen molar-refractivity contribution in [1.82, 2.24) is 0 Å². The quantitative estimate of drug-likeness (QED) is 0.603. The predicted octanol–water partition coefficient (Wildman–Crippen LogP) is 3.19. The first kappa shape index (κ1) is 13.8. The molecule has 0 spiro atoms. The average molecular weight is 260 g/mol. The lowest BCUT2D eigenvalue weighted by molar-refractivity contribution is 0.191. The van der Waals surface area contributed by atoms with E-state index in [1.54, 1.807) is 18.9 Å². The molecule has 2 nitrogen and oxygen atoms in total. The van der Waals surface area contributed by atoms with Gasteiger partial charge in [-0.3, -0.25) is 0 Å². The first-order valence-electron chi connectivity index (χ1n) is 5.35. The van der Waals surface area contributed by atoms with Crippen molar-refractivity contribution < 1.29 is 4.74 Å². The van der Waals surface area contributed by atoms with Gasteiger partial charge < -0.3 is 10.5 Å². The average Bonchev–Trinajstić information content (AvgIpc) is 2.27. The number of hydrogen-bond donors (Lipinski definition) is 1. The zero-order valence-corrected chi connectivity index (χ0v) is 11.1. The molecule has 1 unspecified atom stereocenters. The Balaban J connectivity index is 2.23. The number of methoxy groups -OCH3 is 1. The fraction of sp³-hybridized carbons (Fsp3) is 0.500. The fourth-order valence-electron chi connectivity index (χ4n) is 1.33. The minimum atomic E-state index is 0.221. The van der Waals surface area contributed by atoms with E-state index >= 15 is 0 Å². The van der Waals surface area contributed by atoms with Crippen molar-refractivity contribution in [3.8, 4) is 0 Å². The van der Waals surface area contributed by atoms with Gasteiger partial charge in [0.2, 0.25) is 0 Å². The van der Waals surface area contributed by atoms with Crippen LogP contribution in [-0.2, 0) is 4.74 Å². The third-order valence-electron chi connectivity index (χ3n) is 2.18. The highest BCUT2D eigenvalue weighted by Gasteiger charge is 2.03. The molecule has 0 fully saturated rings. The molecule has 2 N–H and O–H groups in total. The van der Waals surface area contributed by atoms with E-state index < -0.39 is 0 Å². The first-order chi connectivity index (χ1) is 7.72. The summed E-state index contributed by atoms with van der Waals surface area (Å²) in [7, 11) is 1.71. The highest BCUT2D eigenvalue weighted by atomic mass is 35.5. The maximum Gasteiger partial charge on any atom is 0.0462 e. The van der Waals surface area contributed by atoms with Crippen LogP contribution in [-0.4, -0.2) is 25.5 Å². The normalized spacial score (nSPS) is 12.7. The van der Waals surface area contributed by atoms with E-state index in [0.717, 1.165) is 30.2 Å². The van der Waals surface area contributed by atoms with E-state index in [4.69, 9.17) is 22.1 Å². The van der Waals surface area contributed by atoms with Crippen LogP contribution in [0.4, 0.5) is 0 Å². The van der Waals surface area contributed by atoms with E-state index in [1.807, 2.05) is 18.2 Å². The van der Waals surface area contributed by atoms with Crippen LogP contribution in [0.5, 0.6) is 0 Å². The van der Waals surface area contributed by atoms with Gasteiger partial charge in [0.25, 0.3) is 0 Å². The van der Waals surface area contributed by atoms with Gasteiger partial charge in [0.1, 0.15) is 0 Å². The van der Waals surface area contributed by atoms with Gasteiger partial charge in [0.15, 0.2) is 0 Å². The lowest BCUT2D eigenvalue weighted by Gasteiger charge is -2.10. The van der Waals surface area contributed by atoms with E-state index in [9.17, 15) is 0 Å². The van der Waals surface area contributed by atoms with E-state index in [2.05, 4.69) is 6.07 Å². The number of benzene rings is 1. The van der Waals surface area contributed by atoms with Gasteiger partial charge in [-0.25, -0.2) is 0 Å². The van der Waals surface area contributed by atoms with Gasteiger partial charge in [-0.15, -0.1) is 11.8 Å². The molecule has 1 aromatic rings. The lowest BCUT2D eigenvalue weighted by Crippen LogP contribution is -2.23. The molecule has 1 aromatic carbocycles. The van der Waals surface area contributed by atoms with Crippen molar-refractivity contribution in [1.29, 1.82) is 0 Å². The van der Waals surface area contributed by atoms with E-state index in [-0.39, 0.29) is 6.04 Å². The second-order valence-electron chi connectivity index (χ2n) is 3.66. The maximum absolute atomic E-state index is 5.99. The lowest BCUT2D eigenvalue weighted by atomic mass is 10.2. The van der Waals surface area contributed by atoms with Crippen molar-refractivity contribution in [3.05, 3.63) is 29.3 Å². The van der Waals surface area contributed by atoms with Crippen LogP contribution in [0, 0.1) is 0 Å². The van der Waals surface area contributed by atoms with Crippen LogP contribution >= 0.6 is 23.4 Å². The molecule has 16 heavy (non-hydrogen) atoms. The minimum Gasteiger partial charge on any atom is -0.385 e. The molecule has 0 radical (unpaired) electrons. The summed E-state index contributed by atoms with van der Waals surface area (Å²) in [5, 5.41) is 0.776. The van der Waals surface area contributed by atoms with Gasteiger partial charge >= 0.3 is 0 Å². The Morgan fingerprint density at radius 2 is 2.31 bits per heavy atom. The smallest absolute Gasteiger partial charge is 0.0462 e.